The standard InChI is InChI=1S/C16H32N2/c1-16(2,3)12-14(17)9-11-18-10-8-13-6-4-5-7-15(13)18/h13-15H,4-12,17H2,1-3H3. The van der Waals surface area contributed by atoms with Gasteiger partial charge in [0.2, 0.25) is 0 Å². The van der Waals surface area contributed by atoms with E-state index in [0.29, 0.717) is 11.5 Å². The summed E-state index contributed by atoms with van der Waals surface area (Å²) < 4.78 is 0. The van der Waals surface area contributed by atoms with Crippen molar-refractivity contribution in [2.24, 2.45) is 17.1 Å². The van der Waals surface area contributed by atoms with E-state index in [1.165, 1.54) is 51.6 Å². The van der Waals surface area contributed by atoms with Gasteiger partial charge in [-0.25, -0.2) is 0 Å². The normalized spacial score (nSPS) is 31.3. The third-order valence-corrected chi connectivity index (χ3v) is 4.79. The van der Waals surface area contributed by atoms with Crippen molar-refractivity contribution in [3.05, 3.63) is 0 Å². The average molecular weight is 252 g/mol. The van der Waals surface area contributed by atoms with E-state index < -0.39 is 0 Å². The van der Waals surface area contributed by atoms with E-state index in [1.54, 1.807) is 0 Å². The molecule has 18 heavy (non-hydrogen) atoms. The highest BCUT2D eigenvalue weighted by atomic mass is 15.2. The summed E-state index contributed by atoms with van der Waals surface area (Å²) in [5.41, 5.74) is 6.65. The van der Waals surface area contributed by atoms with Crippen molar-refractivity contribution < 1.29 is 0 Å². The molecule has 106 valence electrons. The molecule has 0 spiro atoms. The maximum absolute atomic E-state index is 6.28. The molecule has 2 N–H and O–H groups in total. The molecule has 1 aliphatic carbocycles. The second kappa shape index (κ2) is 5.92. The van der Waals surface area contributed by atoms with Crippen LogP contribution in [-0.4, -0.2) is 30.1 Å². The van der Waals surface area contributed by atoms with E-state index >= 15 is 0 Å². The fraction of sp³-hybridized carbons (Fsp3) is 1.00. The molecule has 1 aliphatic heterocycles. The quantitative estimate of drug-likeness (QED) is 0.831. The molecule has 3 atom stereocenters. The lowest BCUT2D eigenvalue weighted by Crippen LogP contribution is -2.38. The van der Waals surface area contributed by atoms with Crippen LogP contribution >= 0.6 is 0 Å². The predicted molar refractivity (Wildman–Crippen MR) is 78.6 cm³/mol. The molecule has 2 nitrogen and oxygen atoms in total. The molecule has 0 aromatic carbocycles. The van der Waals surface area contributed by atoms with Crippen LogP contribution in [0.4, 0.5) is 0 Å². The summed E-state index contributed by atoms with van der Waals surface area (Å²) >= 11 is 0. The summed E-state index contributed by atoms with van der Waals surface area (Å²) in [5.74, 6) is 1.01. The molecule has 2 fully saturated rings. The molecule has 1 heterocycles. The fourth-order valence-corrected chi connectivity index (χ4v) is 4.00. The number of fused-ring (bicyclic) bond motifs is 1. The molecular formula is C16H32N2. The first kappa shape index (κ1) is 14.3. The molecule has 2 rings (SSSR count). The Morgan fingerprint density at radius 1 is 1.17 bits per heavy atom. The summed E-state index contributed by atoms with van der Waals surface area (Å²) in [5, 5.41) is 0. The smallest absolute Gasteiger partial charge is 0.0124 e. The van der Waals surface area contributed by atoms with Crippen LogP contribution in [0.25, 0.3) is 0 Å². The minimum Gasteiger partial charge on any atom is -0.328 e. The monoisotopic (exact) mass is 252 g/mol. The molecule has 1 saturated heterocycles. The Morgan fingerprint density at radius 3 is 2.61 bits per heavy atom. The molecular weight excluding hydrogens is 220 g/mol. The highest BCUT2D eigenvalue weighted by Gasteiger charge is 2.35. The number of nitrogens with zero attached hydrogens (tertiary/aromatic N) is 1. The third kappa shape index (κ3) is 3.96. The molecule has 0 aromatic heterocycles. The molecule has 2 aliphatic rings. The van der Waals surface area contributed by atoms with E-state index in [0.717, 1.165) is 18.4 Å². The summed E-state index contributed by atoms with van der Waals surface area (Å²) in [6.07, 6.45) is 9.62. The van der Waals surface area contributed by atoms with Crippen molar-refractivity contribution in [2.45, 2.75) is 77.8 Å². The van der Waals surface area contributed by atoms with Crippen molar-refractivity contribution in [2.75, 3.05) is 13.1 Å². The van der Waals surface area contributed by atoms with E-state index in [2.05, 4.69) is 25.7 Å². The van der Waals surface area contributed by atoms with Crippen LogP contribution in [0.1, 0.15) is 65.7 Å². The number of hydrogen-bond acceptors (Lipinski definition) is 2. The first-order valence-electron chi connectivity index (χ1n) is 7.95. The Balaban J connectivity index is 1.73. The highest BCUT2D eigenvalue weighted by molar-refractivity contribution is 4.90. The van der Waals surface area contributed by atoms with Gasteiger partial charge in [0.05, 0.1) is 0 Å². The van der Waals surface area contributed by atoms with Crippen LogP contribution in [0.2, 0.25) is 0 Å². The number of rotatable bonds is 4. The summed E-state index contributed by atoms with van der Waals surface area (Å²) in [6.45, 7) is 9.44. The second-order valence-electron chi connectivity index (χ2n) is 7.75. The Hall–Kier alpha value is -0.0800. The van der Waals surface area contributed by atoms with Gasteiger partial charge in [0.25, 0.3) is 0 Å². The predicted octanol–water partition coefficient (Wildman–Crippen LogP) is 3.40. The topological polar surface area (TPSA) is 29.3 Å². The SMILES string of the molecule is CC(C)(C)CC(N)CCN1CCC2CCCCC21. The van der Waals surface area contributed by atoms with Crippen LogP contribution in [0.3, 0.4) is 0 Å². The lowest BCUT2D eigenvalue weighted by Gasteiger charge is -2.32. The number of likely N-dealkylation sites (tertiary alicyclic amines) is 1. The van der Waals surface area contributed by atoms with Gasteiger partial charge in [-0.2, -0.15) is 0 Å². The Kier molecular flexibility index (Phi) is 4.71. The largest absolute Gasteiger partial charge is 0.328 e. The van der Waals surface area contributed by atoms with Gasteiger partial charge in [0.15, 0.2) is 0 Å². The number of nitrogens with two attached hydrogens (primary N) is 1. The van der Waals surface area contributed by atoms with Crippen molar-refractivity contribution >= 4 is 0 Å². The van der Waals surface area contributed by atoms with Gasteiger partial charge in [0, 0.05) is 12.1 Å². The molecule has 0 aromatic rings. The first-order chi connectivity index (χ1) is 8.46. The first-order valence-corrected chi connectivity index (χ1v) is 7.95. The highest BCUT2D eigenvalue weighted by Crippen LogP contribution is 2.36. The van der Waals surface area contributed by atoms with Gasteiger partial charge in [0.1, 0.15) is 0 Å². The Bertz CT molecular complexity index is 256. The minimum atomic E-state index is 0.373. The van der Waals surface area contributed by atoms with Crippen LogP contribution in [0, 0.1) is 11.3 Å². The summed E-state index contributed by atoms with van der Waals surface area (Å²) in [7, 11) is 0. The maximum Gasteiger partial charge on any atom is 0.0124 e. The van der Waals surface area contributed by atoms with Crippen molar-refractivity contribution in [1.82, 2.24) is 4.90 Å². The second-order valence-corrected chi connectivity index (χ2v) is 7.75. The van der Waals surface area contributed by atoms with Gasteiger partial charge in [-0.3, -0.25) is 0 Å². The van der Waals surface area contributed by atoms with Crippen LogP contribution in [0.5, 0.6) is 0 Å². The molecule has 3 unspecified atom stereocenters. The molecule has 1 saturated carbocycles. The van der Waals surface area contributed by atoms with E-state index in [-0.39, 0.29) is 0 Å². The van der Waals surface area contributed by atoms with Gasteiger partial charge in [-0.15, -0.1) is 0 Å². The lowest BCUT2D eigenvalue weighted by atomic mass is 9.85. The van der Waals surface area contributed by atoms with E-state index in [1.807, 2.05) is 0 Å². The van der Waals surface area contributed by atoms with Gasteiger partial charge in [-0.05, 0) is 56.5 Å². The zero-order valence-corrected chi connectivity index (χ0v) is 12.6. The Morgan fingerprint density at radius 2 is 1.89 bits per heavy atom. The molecule has 2 heteroatoms. The van der Waals surface area contributed by atoms with Gasteiger partial charge >= 0.3 is 0 Å². The van der Waals surface area contributed by atoms with Crippen LogP contribution in [0.15, 0.2) is 0 Å². The number of hydrogen-bond donors (Lipinski definition) is 1. The van der Waals surface area contributed by atoms with Crippen molar-refractivity contribution in [3.8, 4) is 0 Å². The summed E-state index contributed by atoms with van der Waals surface area (Å²) in [6, 6.07) is 1.29. The zero-order valence-electron chi connectivity index (χ0n) is 12.6. The van der Waals surface area contributed by atoms with Crippen LogP contribution < -0.4 is 5.73 Å². The third-order valence-electron chi connectivity index (χ3n) is 4.79. The average Bonchev–Trinajstić information content (AvgIpc) is 2.67. The van der Waals surface area contributed by atoms with Gasteiger partial charge in [-0.1, -0.05) is 33.6 Å². The van der Waals surface area contributed by atoms with E-state index in [4.69, 9.17) is 5.73 Å². The molecule has 0 amide bonds. The van der Waals surface area contributed by atoms with Gasteiger partial charge < -0.3 is 10.6 Å². The Labute approximate surface area is 113 Å². The summed E-state index contributed by atoms with van der Waals surface area (Å²) in [4.78, 5) is 2.74. The zero-order chi connectivity index (χ0) is 13.2. The van der Waals surface area contributed by atoms with Crippen molar-refractivity contribution in [3.63, 3.8) is 0 Å². The fourth-order valence-electron chi connectivity index (χ4n) is 4.00. The maximum atomic E-state index is 6.28. The van der Waals surface area contributed by atoms with E-state index in [9.17, 15) is 0 Å². The van der Waals surface area contributed by atoms with Crippen molar-refractivity contribution in [1.29, 1.82) is 0 Å². The molecule has 0 radical (unpaired) electrons. The minimum absolute atomic E-state index is 0.373. The lowest BCUT2D eigenvalue weighted by molar-refractivity contribution is 0.174. The van der Waals surface area contributed by atoms with Crippen LogP contribution in [-0.2, 0) is 0 Å². The molecule has 0 bridgehead atoms.